The van der Waals surface area contributed by atoms with Crippen LogP contribution in [0.5, 0.6) is 0 Å². The van der Waals surface area contributed by atoms with Crippen LogP contribution in [-0.2, 0) is 4.79 Å². The standard InChI is InChI=1S/C15H24O/c1-15-9-4-7-13(16)14(15)12-6-3-2-5-11(12)8-10-15/h11-12,14H,2-10H2,1H3/t11-,12+,14+,15+/m1/s1. The van der Waals surface area contributed by atoms with E-state index in [4.69, 9.17) is 0 Å². The van der Waals surface area contributed by atoms with E-state index in [9.17, 15) is 4.79 Å². The molecule has 0 aliphatic heterocycles. The average Bonchev–Trinajstić information content (AvgIpc) is 2.28. The summed E-state index contributed by atoms with van der Waals surface area (Å²) in [4.78, 5) is 12.3. The van der Waals surface area contributed by atoms with Gasteiger partial charge < -0.3 is 0 Å². The summed E-state index contributed by atoms with van der Waals surface area (Å²) in [7, 11) is 0. The van der Waals surface area contributed by atoms with Gasteiger partial charge in [-0.1, -0.05) is 26.2 Å². The van der Waals surface area contributed by atoms with Gasteiger partial charge in [-0.2, -0.15) is 0 Å². The first kappa shape index (κ1) is 10.8. The van der Waals surface area contributed by atoms with E-state index < -0.39 is 0 Å². The van der Waals surface area contributed by atoms with Crippen molar-refractivity contribution in [2.45, 2.75) is 64.7 Å². The second kappa shape index (κ2) is 3.85. The Morgan fingerprint density at radius 2 is 1.88 bits per heavy atom. The lowest BCUT2D eigenvalue weighted by molar-refractivity contribution is -0.140. The highest BCUT2D eigenvalue weighted by molar-refractivity contribution is 5.83. The predicted molar refractivity (Wildman–Crippen MR) is 65.1 cm³/mol. The molecule has 0 aromatic carbocycles. The monoisotopic (exact) mass is 220 g/mol. The largest absolute Gasteiger partial charge is 0.299 e. The number of ketones is 1. The van der Waals surface area contributed by atoms with E-state index in [1.807, 2.05) is 0 Å². The third-order valence-electron chi connectivity index (χ3n) is 5.75. The maximum absolute atomic E-state index is 12.3. The Balaban J connectivity index is 1.89. The van der Waals surface area contributed by atoms with Crippen LogP contribution in [0, 0.1) is 23.2 Å². The van der Waals surface area contributed by atoms with Crippen molar-refractivity contribution >= 4 is 5.78 Å². The van der Waals surface area contributed by atoms with Crippen LogP contribution in [0.25, 0.3) is 0 Å². The number of hydrogen-bond donors (Lipinski definition) is 0. The van der Waals surface area contributed by atoms with Crippen LogP contribution in [0.2, 0.25) is 0 Å². The van der Waals surface area contributed by atoms with Crippen molar-refractivity contribution in [3.8, 4) is 0 Å². The topological polar surface area (TPSA) is 17.1 Å². The van der Waals surface area contributed by atoms with Crippen molar-refractivity contribution in [1.29, 1.82) is 0 Å². The van der Waals surface area contributed by atoms with E-state index in [1.165, 1.54) is 44.9 Å². The van der Waals surface area contributed by atoms with E-state index >= 15 is 0 Å². The fourth-order valence-electron chi connectivity index (χ4n) is 4.95. The lowest BCUT2D eigenvalue weighted by Gasteiger charge is -2.53. The first-order chi connectivity index (χ1) is 7.71. The minimum absolute atomic E-state index is 0.383. The Labute approximate surface area is 99.0 Å². The quantitative estimate of drug-likeness (QED) is 0.604. The Kier molecular flexibility index (Phi) is 2.60. The SMILES string of the molecule is C[C@@]12CCCC(=O)[C@@H]1[C@H]1CCCC[C@@H]1CC2. The zero-order valence-corrected chi connectivity index (χ0v) is 10.5. The molecule has 3 aliphatic carbocycles. The summed E-state index contributed by atoms with van der Waals surface area (Å²) in [6.07, 6.45) is 11.6. The molecule has 0 aromatic heterocycles. The van der Waals surface area contributed by atoms with Gasteiger partial charge in [0.25, 0.3) is 0 Å². The van der Waals surface area contributed by atoms with Gasteiger partial charge in [0.1, 0.15) is 5.78 Å². The zero-order chi connectivity index (χ0) is 11.2. The van der Waals surface area contributed by atoms with Crippen molar-refractivity contribution in [3.05, 3.63) is 0 Å². The molecule has 0 bridgehead atoms. The molecule has 1 nitrogen and oxygen atoms in total. The Hall–Kier alpha value is -0.330. The molecule has 4 atom stereocenters. The molecule has 0 saturated heterocycles. The number of carbonyl (C=O) groups is 1. The number of rotatable bonds is 0. The predicted octanol–water partition coefficient (Wildman–Crippen LogP) is 3.96. The number of hydrogen-bond acceptors (Lipinski definition) is 1. The molecule has 90 valence electrons. The van der Waals surface area contributed by atoms with Crippen molar-refractivity contribution in [2.75, 3.05) is 0 Å². The molecule has 3 fully saturated rings. The summed E-state index contributed by atoms with van der Waals surface area (Å²) in [6.45, 7) is 2.40. The molecular weight excluding hydrogens is 196 g/mol. The van der Waals surface area contributed by atoms with Gasteiger partial charge in [0.15, 0.2) is 0 Å². The summed E-state index contributed by atoms with van der Waals surface area (Å²) in [5, 5.41) is 0. The highest BCUT2D eigenvalue weighted by atomic mass is 16.1. The van der Waals surface area contributed by atoms with Crippen molar-refractivity contribution < 1.29 is 4.79 Å². The highest BCUT2D eigenvalue weighted by Gasteiger charge is 2.51. The third-order valence-corrected chi connectivity index (χ3v) is 5.75. The summed E-state index contributed by atoms with van der Waals surface area (Å²) in [6, 6.07) is 0. The summed E-state index contributed by atoms with van der Waals surface area (Å²) >= 11 is 0. The molecule has 3 aliphatic rings. The summed E-state index contributed by atoms with van der Waals surface area (Å²) in [5.41, 5.74) is 0.383. The van der Waals surface area contributed by atoms with Gasteiger partial charge >= 0.3 is 0 Å². The lowest BCUT2D eigenvalue weighted by atomic mass is 9.51. The Morgan fingerprint density at radius 1 is 1.06 bits per heavy atom. The first-order valence-electron chi connectivity index (χ1n) is 7.23. The van der Waals surface area contributed by atoms with Gasteiger partial charge in [0, 0.05) is 12.3 Å². The van der Waals surface area contributed by atoms with Crippen LogP contribution in [-0.4, -0.2) is 5.78 Å². The van der Waals surface area contributed by atoms with Crippen molar-refractivity contribution in [2.24, 2.45) is 23.2 Å². The number of Topliss-reactive ketones (excluding diaryl/α,β-unsaturated/α-hetero) is 1. The minimum atomic E-state index is 0.383. The maximum Gasteiger partial charge on any atom is 0.136 e. The van der Waals surface area contributed by atoms with Crippen LogP contribution in [0.1, 0.15) is 64.7 Å². The molecule has 0 unspecified atom stereocenters. The average molecular weight is 220 g/mol. The molecular formula is C15H24O. The fourth-order valence-corrected chi connectivity index (χ4v) is 4.95. The van der Waals surface area contributed by atoms with Crippen LogP contribution in [0.15, 0.2) is 0 Å². The minimum Gasteiger partial charge on any atom is -0.299 e. The van der Waals surface area contributed by atoms with Crippen molar-refractivity contribution in [1.82, 2.24) is 0 Å². The summed E-state index contributed by atoms with van der Waals surface area (Å²) in [5.74, 6) is 2.72. The second-order valence-corrected chi connectivity index (χ2v) is 6.70. The van der Waals surface area contributed by atoms with E-state index in [0.29, 0.717) is 17.1 Å². The molecule has 0 heterocycles. The third kappa shape index (κ3) is 1.55. The number of fused-ring (bicyclic) bond motifs is 3. The maximum atomic E-state index is 12.3. The van der Waals surface area contributed by atoms with Gasteiger partial charge in [-0.15, -0.1) is 0 Å². The van der Waals surface area contributed by atoms with Gasteiger partial charge in [-0.25, -0.2) is 0 Å². The fraction of sp³-hybridized carbons (Fsp3) is 0.933. The summed E-state index contributed by atoms with van der Waals surface area (Å²) < 4.78 is 0. The molecule has 3 rings (SSSR count). The Morgan fingerprint density at radius 3 is 2.75 bits per heavy atom. The molecule has 0 spiro atoms. The van der Waals surface area contributed by atoms with Gasteiger partial charge in [-0.05, 0) is 49.4 Å². The number of carbonyl (C=O) groups excluding carboxylic acids is 1. The van der Waals surface area contributed by atoms with Crippen LogP contribution in [0.4, 0.5) is 0 Å². The molecule has 0 aromatic rings. The van der Waals surface area contributed by atoms with E-state index in [1.54, 1.807) is 0 Å². The molecule has 0 N–H and O–H groups in total. The smallest absolute Gasteiger partial charge is 0.136 e. The van der Waals surface area contributed by atoms with Gasteiger partial charge in [0.2, 0.25) is 0 Å². The molecule has 0 amide bonds. The van der Waals surface area contributed by atoms with Crippen LogP contribution < -0.4 is 0 Å². The molecule has 0 radical (unpaired) electrons. The molecule has 16 heavy (non-hydrogen) atoms. The highest BCUT2D eigenvalue weighted by Crippen LogP contribution is 2.56. The second-order valence-electron chi connectivity index (χ2n) is 6.70. The normalized spacial score (nSPS) is 48.3. The van der Waals surface area contributed by atoms with E-state index in [0.717, 1.165) is 24.7 Å². The first-order valence-corrected chi connectivity index (χ1v) is 7.23. The molecule has 3 saturated carbocycles. The Bertz CT molecular complexity index is 296. The molecule has 1 heteroatoms. The van der Waals surface area contributed by atoms with Crippen LogP contribution in [0.3, 0.4) is 0 Å². The lowest BCUT2D eigenvalue weighted by Crippen LogP contribution is -2.48. The van der Waals surface area contributed by atoms with Crippen LogP contribution >= 0.6 is 0 Å². The zero-order valence-electron chi connectivity index (χ0n) is 10.5. The van der Waals surface area contributed by atoms with Crippen molar-refractivity contribution in [3.63, 3.8) is 0 Å². The van der Waals surface area contributed by atoms with Gasteiger partial charge in [0.05, 0.1) is 0 Å². The van der Waals surface area contributed by atoms with E-state index in [-0.39, 0.29) is 0 Å². The van der Waals surface area contributed by atoms with E-state index in [2.05, 4.69) is 6.92 Å². The van der Waals surface area contributed by atoms with Gasteiger partial charge in [-0.3, -0.25) is 4.79 Å².